The number of carbonyl (C=O) groups is 3. The summed E-state index contributed by atoms with van der Waals surface area (Å²) < 4.78 is 0. The van der Waals surface area contributed by atoms with Gasteiger partial charge >= 0.3 is 6.03 Å². The van der Waals surface area contributed by atoms with E-state index in [0.29, 0.717) is 26.2 Å². The average Bonchev–Trinajstić information content (AvgIpc) is 2.66. The lowest BCUT2D eigenvalue weighted by molar-refractivity contribution is -0.127. The number of hydrogen-bond acceptors (Lipinski definition) is 5. The van der Waals surface area contributed by atoms with Crippen LogP contribution < -0.4 is 16.0 Å². The van der Waals surface area contributed by atoms with Crippen molar-refractivity contribution in [2.45, 2.75) is 64.0 Å². The number of nitrogens with zero attached hydrogens (tertiary/aromatic N) is 2. The maximum Gasteiger partial charge on any atom is 0.321 e. The normalized spacial score (nSPS) is 34.4. The number of amides is 4. The molecule has 0 aromatic carbocycles. The van der Waals surface area contributed by atoms with Gasteiger partial charge in [0.2, 0.25) is 11.8 Å². The highest BCUT2D eigenvalue weighted by atomic mass is 16.2. The molecule has 0 aromatic rings. The first-order valence-electron chi connectivity index (χ1n) is 11.7. The Morgan fingerprint density at radius 1 is 0.967 bits per heavy atom. The first-order valence-corrected chi connectivity index (χ1v) is 11.7. The minimum Gasteiger partial charge on any atom is -0.355 e. The zero-order chi connectivity index (χ0) is 21.3. The number of rotatable bonds is 6. The summed E-state index contributed by atoms with van der Waals surface area (Å²) in [7, 11) is 0. The zero-order valence-electron chi connectivity index (χ0n) is 18.4. The molecular weight excluding hydrogens is 382 g/mol. The number of piperazine rings is 1. The van der Waals surface area contributed by atoms with E-state index in [2.05, 4.69) is 25.8 Å². The molecule has 4 aliphatic carbocycles. The Kier molecular flexibility index (Phi) is 6.34. The van der Waals surface area contributed by atoms with Gasteiger partial charge in [-0.3, -0.25) is 24.7 Å². The number of likely N-dealkylation sites (N-methyl/N-ethyl adjacent to an activating group) is 1. The van der Waals surface area contributed by atoms with E-state index in [9.17, 15) is 14.4 Å². The van der Waals surface area contributed by atoms with Crippen molar-refractivity contribution < 1.29 is 14.4 Å². The van der Waals surface area contributed by atoms with Crippen LogP contribution in [0.25, 0.3) is 0 Å². The van der Waals surface area contributed by atoms with Crippen LogP contribution in [-0.2, 0) is 9.59 Å². The molecule has 1 saturated heterocycles. The summed E-state index contributed by atoms with van der Waals surface area (Å²) in [6.45, 7) is 7.72. The fourth-order valence-corrected chi connectivity index (χ4v) is 6.68. The molecule has 4 bridgehead atoms. The van der Waals surface area contributed by atoms with E-state index in [1.54, 1.807) is 0 Å². The summed E-state index contributed by atoms with van der Waals surface area (Å²) >= 11 is 0. The molecule has 5 fully saturated rings. The van der Waals surface area contributed by atoms with Gasteiger partial charge in [-0.05, 0) is 70.1 Å². The minimum absolute atomic E-state index is 0.0399. The molecule has 4 amide bonds. The fourth-order valence-electron chi connectivity index (χ4n) is 6.68. The maximum absolute atomic E-state index is 12.7. The van der Waals surface area contributed by atoms with Crippen LogP contribution in [0.3, 0.4) is 0 Å². The predicted molar refractivity (Wildman–Crippen MR) is 114 cm³/mol. The van der Waals surface area contributed by atoms with Crippen molar-refractivity contribution in [1.82, 2.24) is 25.8 Å². The van der Waals surface area contributed by atoms with E-state index in [1.807, 2.05) is 13.8 Å². The molecule has 3 N–H and O–H groups in total. The summed E-state index contributed by atoms with van der Waals surface area (Å²) in [4.78, 5) is 41.3. The van der Waals surface area contributed by atoms with E-state index < -0.39 is 0 Å². The molecule has 4 saturated carbocycles. The highest BCUT2D eigenvalue weighted by Crippen LogP contribution is 2.55. The van der Waals surface area contributed by atoms with E-state index in [4.69, 9.17) is 0 Å². The fraction of sp³-hybridized carbons (Fsp3) is 0.864. The van der Waals surface area contributed by atoms with E-state index in [0.717, 1.165) is 50.1 Å². The summed E-state index contributed by atoms with van der Waals surface area (Å²) in [6, 6.07) is -0.692. The van der Waals surface area contributed by atoms with Crippen LogP contribution in [0.15, 0.2) is 0 Å². The smallest absolute Gasteiger partial charge is 0.321 e. The van der Waals surface area contributed by atoms with Gasteiger partial charge in [0.05, 0.1) is 12.6 Å². The zero-order valence-corrected chi connectivity index (χ0v) is 18.4. The summed E-state index contributed by atoms with van der Waals surface area (Å²) in [5.74, 6) is 2.05. The Bertz CT molecular complexity index is 638. The van der Waals surface area contributed by atoms with E-state index >= 15 is 0 Å². The topological polar surface area (TPSA) is 93.8 Å². The number of nitrogens with one attached hydrogen (secondary N) is 3. The lowest BCUT2D eigenvalue weighted by Crippen LogP contribution is -2.63. The van der Waals surface area contributed by atoms with Crippen LogP contribution in [0, 0.1) is 17.8 Å². The molecule has 8 nitrogen and oxygen atoms in total. The second kappa shape index (κ2) is 8.83. The third kappa shape index (κ3) is 4.80. The van der Waals surface area contributed by atoms with Gasteiger partial charge in [0.25, 0.3) is 0 Å². The summed E-state index contributed by atoms with van der Waals surface area (Å²) in [5, 5.41) is 8.63. The first kappa shape index (κ1) is 21.6. The Labute approximate surface area is 179 Å². The van der Waals surface area contributed by atoms with Crippen molar-refractivity contribution in [3.8, 4) is 0 Å². The molecule has 8 heteroatoms. The van der Waals surface area contributed by atoms with Crippen molar-refractivity contribution in [3.05, 3.63) is 0 Å². The number of hydrogen-bond donors (Lipinski definition) is 3. The maximum atomic E-state index is 12.7. The molecule has 1 unspecified atom stereocenters. The number of urea groups is 1. The largest absolute Gasteiger partial charge is 0.355 e. The summed E-state index contributed by atoms with van der Waals surface area (Å²) in [6.07, 6.45) is 7.19. The van der Waals surface area contributed by atoms with Gasteiger partial charge in [0.15, 0.2) is 0 Å². The van der Waals surface area contributed by atoms with Gasteiger partial charge < -0.3 is 10.6 Å². The van der Waals surface area contributed by atoms with Crippen LogP contribution in [-0.4, -0.2) is 78.5 Å². The SMILES string of the molecule is CCNC(=O)CN1CCN(C(C)C(=O)NC(=O)NC23CC4CC(CC(C4)C2)C3)CC1. The van der Waals surface area contributed by atoms with Crippen molar-refractivity contribution in [2.75, 3.05) is 39.3 Å². The standard InChI is InChI=1S/C22H37N5O3/c1-3-23-19(28)14-26-4-6-27(7-5-26)15(2)20(29)24-21(30)25-22-11-16-8-17(12-22)10-18(9-16)13-22/h15-18H,3-14H2,1-2H3,(H,23,28)(H2,24,25,29,30). The molecule has 5 aliphatic rings. The second-order valence-electron chi connectivity index (χ2n) is 10.1. The van der Waals surface area contributed by atoms with Gasteiger partial charge in [-0.25, -0.2) is 4.79 Å². The summed E-state index contributed by atoms with van der Waals surface area (Å²) in [5.41, 5.74) is -0.0902. The minimum atomic E-state index is -0.362. The van der Waals surface area contributed by atoms with E-state index in [1.165, 1.54) is 19.3 Å². The van der Waals surface area contributed by atoms with Crippen LogP contribution in [0.2, 0.25) is 0 Å². The lowest BCUT2D eigenvalue weighted by atomic mass is 9.53. The predicted octanol–water partition coefficient (Wildman–Crippen LogP) is 0.923. The molecule has 0 spiro atoms. The number of carbonyl (C=O) groups excluding carboxylic acids is 3. The van der Waals surface area contributed by atoms with Gasteiger partial charge in [0.1, 0.15) is 0 Å². The van der Waals surface area contributed by atoms with Crippen molar-refractivity contribution in [2.24, 2.45) is 17.8 Å². The molecule has 168 valence electrons. The Morgan fingerprint density at radius 3 is 2.07 bits per heavy atom. The van der Waals surface area contributed by atoms with Crippen LogP contribution in [0.5, 0.6) is 0 Å². The molecule has 0 radical (unpaired) electrons. The Morgan fingerprint density at radius 2 is 1.53 bits per heavy atom. The van der Waals surface area contributed by atoms with Crippen molar-refractivity contribution >= 4 is 17.8 Å². The van der Waals surface area contributed by atoms with Crippen LogP contribution in [0.4, 0.5) is 4.79 Å². The van der Waals surface area contributed by atoms with Gasteiger partial charge in [-0.2, -0.15) is 0 Å². The Balaban J connectivity index is 1.22. The average molecular weight is 420 g/mol. The van der Waals surface area contributed by atoms with Crippen molar-refractivity contribution in [3.63, 3.8) is 0 Å². The third-order valence-electron chi connectivity index (χ3n) is 7.73. The molecular formula is C22H37N5O3. The quantitative estimate of drug-likeness (QED) is 0.595. The van der Waals surface area contributed by atoms with Crippen LogP contribution >= 0.6 is 0 Å². The molecule has 1 aliphatic heterocycles. The van der Waals surface area contributed by atoms with Gasteiger partial charge in [-0.1, -0.05) is 0 Å². The molecule has 30 heavy (non-hydrogen) atoms. The lowest BCUT2D eigenvalue weighted by Gasteiger charge is -2.56. The first-order chi connectivity index (χ1) is 14.4. The van der Waals surface area contributed by atoms with Crippen LogP contribution in [0.1, 0.15) is 52.4 Å². The third-order valence-corrected chi connectivity index (χ3v) is 7.73. The van der Waals surface area contributed by atoms with Gasteiger partial charge in [-0.15, -0.1) is 0 Å². The highest BCUT2D eigenvalue weighted by molar-refractivity contribution is 5.97. The van der Waals surface area contributed by atoms with E-state index in [-0.39, 0.29) is 29.4 Å². The van der Waals surface area contributed by atoms with Crippen molar-refractivity contribution in [1.29, 1.82) is 0 Å². The molecule has 0 aromatic heterocycles. The number of imide groups is 1. The molecule has 1 heterocycles. The monoisotopic (exact) mass is 419 g/mol. The molecule has 1 atom stereocenters. The Hall–Kier alpha value is -1.67. The highest BCUT2D eigenvalue weighted by Gasteiger charge is 2.51. The second-order valence-corrected chi connectivity index (χ2v) is 10.1. The van der Waals surface area contributed by atoms with Gasteiger partial charge in [0, 0.05) is 38.3 Å². The molecule has 5 rings (SSSR count).